The number of hydrogen-bond donors (Lipinski definition) is 1. The molecule has 4 fully saturated rings. The van der Waals surface area contributed by atoms with Crippen LogP contribution in [0.4, 0.5) is 0 Å². The van der Waals surface area contributed by atoms with Crippen LogP contribution in [-0.4, -0.2) is 37.8 Å². The summed E-state index contributed by atoms with van der Waals surface area (Å²) in [7, 11) is 1.75. The molecule has 1 heterocycles. The molecule has 0 aromatic heterocycles. The second kappa shape index (κ2) is 9.42. The van der Waals surface area contributed by atoms with Gasteiger partial charge in [-0.2, -0.15) is 0 Å². The molecular weight excluding hydrogens is 543 g/mol. The van der Waals surface area contributed by atoms with Gasteiger partial charge in [-0.05, 0) is 89.8 Å². The molecule has 6 unspecified atom stereocenters. The Labute approximate surface area is 207 Å². The Hall–Kier alpha value is 1.15. The van der Waals surface area contributed by atoms with Crippen molar-refractivity contribution in [1.29, 1.82) is 0 Å². The molecule has 2 nitrogen and oxygen atoms in total. The minimum atomic E-state index is -0.687. The quantitative estimate of drug-likeness (QED) is 0.284. The number of thioether (sulfide) groups is 2. The fourth-order valence-corrected chi connectivity index (χ4v) is 13.1. The van der Waals surface area contributed by atoms with Crippen molar-refractivity contribution in [1.82, 2.24) is 0 Å². The Morgan fingerprint density at radius 2 is 1.93 bits per heavy atom. The maximum absolute atomic E-state index is 13.0. The Morgan fingerprint density at radius 3 is 2.60 bits per heavy atom. The van der Waals surface area contributed by atoms with Gasteiger partial charge in [-0.15, -0.1) is 23.5 Å². The average Bonchev–Trinajstić information content (AvgIpc) is 3.34. The Balaban J connectivity index is 0.00000106. The fraction of sp³-hybridized carbons (Fsp3) is 0.875. The predicted molar refractivity (Wildman–Crippen MR) is 143 cm³/mol. The van der Waals surface area contributed by atoms with Crippen LogP contribution in [0.3, 0.4) is 0 Å². The van der Waals surface area contributed by atoms with Gasteiger partial charge in [-0.25, -0.2) is 0 Å². The van der Waals surface area contributed by atoms with Gasteiger partial charge in [0, 0.05) is 29.1 Å². The fourth-order valence-electron chi connectivity index (χ4n) is 7.77. The maximum atomic E-state index is 13.0. The molecule has 5 rings (SSSR count). The largest absolute Gasteiger partial charge is 0.389 e. The van der Waals surface area contributed by atoms with Gasteiger partial charge in [-0.3, -0.25) is 4.79 Å². The van der Waals surface area contributed by atoms with Crippen molar-refractivity contribution in [3.05, 3.63) is 11.6 Å². The van der Waals surface area contributed by atoms with Crippen molar-refractivity contribution in [2.75, 3.05) is 17.3 Å². The lowest BCUT2D eigenvalue weighted by molar-refractivity contribution is -0.166. The van der Waals surface area contributed by atoms with Crippen LogP contribution in [-0.2, 0) is 4.79 Å². The normalized spacial score (nSPS) is 43.9. The second-order valence-corrected chi connectivity index (χ2v) is 15.2. The van der Waals surface area contributed by atoms with Gasteiger partial charge in [0.05, 0.1) is 9.68 Å². The predicted octanol–water partition coefficient (Wildman–Crippen LogP) is 7.15. The van der Waals surface area contributed by atoms with E-state index in [1.807, 2.05) is 13.8 Å². The number of ketones is 1. The Morgan fingerprint density at radius 1 is 1.20 bits per heavy atom. The minimum absolute atomic E-state index is 0.240. The zero-order chi connectivity index (χ0) is 21.6. The van der Waals surface area contributed by atoms with Crippen molar-refractivity contribution in [3.63, 3.8) is 0 Å². The van der Waals surface area contributed by atoms with Crippen LogP contribution in [0, 0.1) is 29.1 Å². The number of fused-ring (bicyclic) bond motifs is 5. The van der Waals surface area contributed by atoms with Gasteiger partial charge >= 0.3 is 0 Å². The molecule has 0 aromatic rings. The molecule has 3 saturated carbocycles. The highest BCUT2D eigenvalue weighted by atomic mass is 127. The SMILES string of the molecule is CC.CCC12CC(O)(CSI)C3C4CCC5(C=C4CCC3C1CCC2=O)SCCS5. The van der Waals surface area contributed by atoms with Crippen LogP contribution in [0.5, 0.6) is 0 Å². The molecule has 1 aliphatic heterocycles. The van der Waals surface area contributed by atoms with Gasteiger partial charge < -0.3 is 5.11 Å². The van der Waals surface area contributed by atoms with E-state index in [-0.39, 0.29) is 5.41 Å². The molecule has 5 aliphatic rings. The number of rotatable bonds is 3. The summed E-state index contributed by atoms with van der Waals surface area (Å²) in [6, 6.07) is 0. The van der Waals surface area contributed by atoms with Gasteiger partial charge in [-0.1, -0.05) is 41.4 Å². The molecule has 4 aliphatic carbocycles. The van der Waals surface area contributed by atoms with Crippen molar-refractivity contribution in [3.8, 4) is 0 Å². The van der Waals surface area contributed by atoms with E-state index in [2.05, 4.69) is 57.7 Å². The molecule has 6 atom stereocenters. The molecule has 6 heteroatoms. The zero-order valence-electron chi connectivity index (χ0n) is 18.6. The number of allylic oxidation sites excluding steroid dienone is 1. The van der Waals surface area contributed by atoms with Crippen molar-refractivity contribution < 1.29 is 9.90 Å². The third kappa shape index (κ3) is 3.78. The third-order valence-corrected chi connectivity index (χ3v) is 13.7. The van der Waals surface area contributed by atoms with Crippen LogP contribution >= 0.6 is 53.7 Å². The Bertz CT molecular complexity index is 692. The van der Waals surface area contributed by atoms with E-state index in [4.69, 9.17) is 0 Å². The summed E-state index contributed by atoms with van der Waals surface area (Å²) < 4.78 is 0.333. The molecule has 0 aromatic carbocycles. The summed E-state index contributed by atoms with van der Waals surface area (Å²) in [5, 5.41) is 12.1. The summed E-state index contributed by atoms with van der Waals surface area (Å²) in [5.74, 6) is 5.75. The van der Waals surface area contributed by atoms with Crippen LogP contribution in [0.25, 0.3) is 0 Å². The van der Waals surface area contributed by atoms with Crippen LogP contribution in [0.15, 0.2) is 11.6 Å². The number of aliphatic hydroxyl groups is 1. The molecule has 0 amide bonds. The summed E-state index contributed by atoms with van der Waals surface area (Å²) in [5.41, 5.74) is 0.726. The van der Waals surface area contributed by atoms with Crippen LogP contribution < -0.4 is 0 Å². The second-order valence-electron chi connectivity index (χ2n) is 9.71. The minimum Gasteiger partial charge on any atom is -0.389 e. The molecule has 1 N–H and O–H groups in total. The summed E-state index contributed by atoms with van der Waals surface area (Å²) in [4.78, 5) is 13.0. The number of carbonyl (C=O) groups excluding carboxylic acids is 1. The van der Waals surface area contributed by atoms with E-state index in [0.29, 0.717) is 33.5 Å². The van der Waals surface area contributed by atoms with Gasteiger partial charge in [0.15, 0.2) is 0 Å². The first-order valence-electron chi connectivity index (χ1n) is 12.0. The third-order valence-electron chi connectivity index (χ3n) is 8.76. The zero-order valence-corrected chi connectivity index (χ0v) is 23.2. The molecule has 1 spiro atoms. The Kier molecular flexibility index (Phi) is 7.62. The van der Waals surface area contributed by atoms with E-state index in [1.54, 1.807) is 14.5 Å². The first kappa shape index (κ1) is 24.3. The van der Waals surface area contributed by atoms with Crippen molar-refractivity contribution >= 4 is 59.4 Å². The average molecular weight is 581 g/mol. The molecule has 1 saturated heterocycles. The highest BCUT2D eigenvalue weighted by Crippen LogP contribution is 2.66. The molecular formula is C24H37IO2S3. The topological polar surface area (TPSA) is 37.3 Å². The van der Waals surface area contributed by atoms with E-state index in [1.165, 1.54) is 37.2 Å². The van der Waals surface area contributed by atoms with Crippen LogP contribution in [0.1, 0.15) is 72.1 Å². The smallest absolute Gasteiger partial charge is 0.139 e. The lowest BCUT2D eigenvalue weighted by Gasteiger charge is -2.60. The lowest BCUT2D eigenvalue weighted by atomic mass is 9.47. The highest BCUT2D eigenvalue weighted by molar-refractivity contribution is 14.2. The van der Waals surface area contributed by atoms with Gasteiger partial charge in [0.2, 0.25) is 0 Å². The van der Waals surface area contributed by atoms with E-state index in [0.717, 1.165) is 31.4 Å². The first-order valence-corrected chi connectivity index (χ1v) is 17.5. The molecule has 0 radical (unpaired) electrons. The van der Waals surface area contributed by atoms with Crippen molar-refractivity contribution in [2.45, 2.75) is 81.8 Å². The lowest BCUT2D eigenvalue weighted by Crippen LogP contribution is -2.61. The number of hydrogen-bond acceptors (Lipinski definition) is 5. The van der Waals surface area contributed by atoms with Gasteiger partial charge in [0.25, 0.3) is 0 Å². The van der Waals surface area contributed by atoms with E-state index in [9.17, 15) is 9.90 Å². The standard InChI is InChI=1S/C22H31IO2S3.C2H6/c1-2-20-12-21(25,13-28-23)19-15-7-8-22(26-9-10-27-22)11-14(15)3-4-16(19)17(20)5-6-18(20)24;1-2/h11,15-17,19,25H,2-10,12-13H2,1H3;1-2H3. The van der Waals surface area contributed by atoms with Gasteiger partial charge in [0.1, 0.15) is 5.78 Å². The maximum Gasteiger partial charge on any atom is 0.139 e. The summed E-state index contributed by atoms with van der Waals surface area (Å²) >= 11 is 6.66. The first-order chi connectivity index (χ1) is 14.5. The molecule has 30 heavy (non-hydrogen) atoms. The number of Topliss-reactive ketones (excluding diaryl/α,β-unsaturated/α-hetero) is 1. The summed E-state index contributed by atoms with van der Waals surface area (Å²) in [6.07, 6.45) is 11.0. The highest BCUT2D eigenvalue weighted by Gasteiger charge is 2.65. The summed E-state index contributed by atoms with van der Waals surface area (Å²) in [6.45, 7) is 6.20. The molecule has 0 bridgehead atoms. The van der Waals surface area contributed by atoms with E-state index >= 15 is 0 Å². The molecule has 170 valence electrons. The monoisotopic (exact) mass is 580 g/mol. The van der Waals surface area contributed by atoms with Crippen LogP contribution in [0.2, 0.25) is 0 Å². The van der Waals surface area contributed by atoms with Crippen molar-refractivity contribution in [2.24, 2.45) is 29.1 Å². The number of carbonyl (C=O) groups is 1. The number of halogens is 1. The van der Waals surface area contributed by atoms with E-state index < -0.39 is 5.60 Å².